The second kappa shape index (κ2) is 6.52. The molecule has 1 fully saturated rings. The van der Waals surface area contributed by atoms with Crippen molar-refractivity contribution in [2.75, 3.05) is 26.7 Å². The van der Waals surface area contributed by atoms with Crippen molar-refractivity contribution in [3.63, 3.8) is 0 Å². The number of rotatable bonds is 4. The molecular formula is C15H21N3O2. The first kappa shape index (κ1) is 14.5. The Morgan fingerprint density at radius 1 is 1.30 bits per heavy atom. The molecule has 1 atom stereocenters. The number of aryl methyl sites for hydroxylation is 1. The topological polar surface area (TPSA) is 66.6 Å². The lowest BCUT2D eigenvalue weighted by molar-refractivity contribution is -0.144. The SMILES string of the molecule is CN1CCN(C(=O)[C@@H](N)CCc2ccccc2)CC1=O. The quantitative estimate of drug-likeness (QED) is 0.856. The van der Waals surface area contributed by atoms with Gasteiger partial charge in [0.1, 0.15) is 0 Å². The van der Waals surface area contributed by atoms with E-state index in [-0.39, 0.29) is 18.4 Å². The van der Waals surface area contributed by atoms with E-state index in [2.05, 4.69) is 0 Å². The molecule has 0 aromatic heterocycles. The molecule has 108 valence electrons. The van der Waals surface area contributed by atoms with E-state index in [1.165, 1.54) is 5.56 Å². The summed E-state index contributed by atoms with van der Waals surface area (Å²) < 4.78 is 0. The van der Waals surface area contributed by atoms with Crippen LogP contribution in [0.3, 0.4) is 0 Å². The number of hydrogen-bond donors (Lipinski definition) is 1. The predicted molar refractivity (Wildman–Crippen MR) is 77.0 cm³/mol. The molecule has 5 heteroatoms. The van der Waals surface area contributed by atoms with Gasteiger partial charge in [-0.05, 0) is 18.4 Å². The molecule has 2 rings (SSSR count). The third-order valence-electron chi connectivity index (χ3n) is 3.67. The van der Waals surface area contributed by atoms with Crippen molar-refractivity contribution >= 4 is 11.8 Å². The highest BCUT2D eigenvalue weighted by molar-refractivity contribution is 5.88. The van der Waals surface area contributed by atoms with Crippen LogP contribution in [-0.2, 0) is 16.0 Å². The van der Waals surface area contributed by atoms with E-state index in [1.807, 2.05) is 30.3 Å². The van der Waals surface area contributed by atoms with Gasteiger partial charge in [0.2, 0.25) is 11.8 Å². The molecular weight excluding hydrogens is 254 g/mol. The molecule has 0 unspecified atom stereocenters. The standard InChI is InChI=1S/C15H21N3O2/c1-17-9-10-18(11-14(17)19)15(20)13(16)8-7-12-5-3-2-4-6-12/h2-6,13H,7-11,16H2,1H3/t13-/m0/s1. The minimum absolute atomic E-state index is 0.0279. The normalized spacial score (nSPS) is 17.2. The zero-order chi connectivity index (χ0) is 14.5. The molecule has 1 aromatic carbocycles. The van der Waals surface area contributed by atoms with E-state index >= 15 is 0 Å². The number of carbonyl (C=O) groups excluding carboxylic acids is 2. The van der Waals surface area contributed by atoms with Crippen LogP contribution in [0.5, 0.6) is 0 Å². The summed E-state index contributed by atoms with van der Waals surface area (Å²) in [6.07, 6.45) is 1.37. The van der Waals surface area contributed by atoms with Crippen molar-refractivity contribution in [1.82, 2.24) is 9.80 Å². The molecule has 0 spiro atoms. The second-order valence-corrected chi connectivity index (χ2v) is 5.21. The predicted octanol–water partition coefficient (Wildman–Crippen LogP) is 0.247. The summed E-state index contributed by atoms with van der Waals surface area (Å²) in [6, 6.07) is 9.42. The molecule has 1 aromatic rings. The highest BCUT2D eigenvalue weighted by Crippen LogP contribution is 2.08. The molecule has 20 heavy (non-hydrogen) atoms. The largest absolute Gasteiger partial charge is 0.342 e. The van der Waals surface area contributed by atoms with Crippen LogP contribution in [-0.4, -0.2) is 54.3 Å². The number of amides is 2. The summed E-state index contributed by atoms with van der Waals surface area (Å²) in [5.74, 6) is -0.151. The molecule has 1 aliphatic rings. The fourth-order valence-electron chi connectivity index (χ4n) is 2.27. The lowest BCUT2D eigenvalue weighted by atomic mass is 10.0. The van der Waals surface area contributed by atoms with E-state index in [4.69, 9.17) is 5.73 Å². The van der Waals surface area contributed by atoms with Crippen molar-refractivity contribution in [3.8, 4) is 0 Å². The van der Waals surface area contributed by atoms with Crippen LogP contribution < -0.4 is 5.73 Å². The van der Waals surface area contributed by atoms with Gasteiger partial charge in [0.15, 0.2) is 0 Å². The lowest BCUT2D eigenvalue weighted by Gasteiger charge is -2.33. The van der Waals surface area contributed by atoms with Crippen LogP contribution in [0, 0.1) is 0 Å². The minimum atomic E-state index is -0.536. The van der Waals surface area contributed by atoms with E-state index < -0.39 is 6.04 Å². The van der Waals surface area contributed by atoms with Crippen LogP contribution in [0.15, 0.2) is 30.3 Å². The summed E-state index contributed by atoms with van der Waals surface area (Å²) in [5, 5.41) is 0. The fourth-order valence-corrected chi connectivity index (χ4v) is 2.27. The van der Waals surface area contributed by atoms with Crippen molar-refractivity contribution in [3.05, 3.63) is 35.9 Å². The first-order chi connectivity index (χ1) is 9.58. The fraction of sp³-hybridized carbons (Fsp3) is 0.467. The van der Waals surface area contributed by atoms with Gasteiger partial charge in [0.05, 0.1) is 12.6 Å². The van der Waals surface area contributed by atoms with Crippen LogP contribution in [0.25, 0.3) is 0 Å². The lowest BCUT2D eigenvalue weighted by Crippen LogP contribution is -2.54. The number of likely N-dealkylation sites (N-methyl/N-ethyl adjacent to an activating group) is 1. The Labute approximate surface area is 119 Å². The van der Waals surface area contributed by atoms with Crippen LogP contribution >= 0.6 is 0 Å². The highest BCUT2D eigenvalue weighted by atomic mass is 16.2. The number of nitrogens with two attached hydrogens (primary N) is 1. The zero-order valence-corrected chi connectivity index (χ0v) is 11.8. The maximum absolute atomic E-state index is 12.2. The van der Waals surface area contributed by atoms with E-state index in [1.54, 1.807) is 16.8 Å². The number of carbonyl (C=O) groups is 2. The van der Waals surface area contributed by atoms with Gasteiger partial charge < -0.3 is 15.5 Å². The Morgan fingerprint density at radius 3 is 2.65 bits per heavy atom. The first-order valence-corrected chi connectivity index (χ1v) is 6.90. The number of benzene rings is 1. The zero-order valence-electron chi connectivity index (χ0n) is 11.8. The number of piperazine rings is 1. The van der Waals surface area contributed by atoms with Crippen LogP contribution in [0.4, 0.5) is 0 Å². The van der Waals surface area contributed by atoms with Gasteiger partial charge in [-0.3, -0.25) is 9.59 Å². The van der Waals surface area contributed by atoms with Gasteiger partial charge in [-0.2, -0.15) is 0 Å². The van der Waals surface area contributed by atoms with Gasteiger partial charge in [-0.15, -0.1) is 0 Å². The Morgan fingerprint density at radius 2 is 2.00 bits per heavy atom. The summed E-state index contributed by atoms with van der Waals surface area (Å²) in [6.45, 7) is 1.30. The summed E-state index contributed by atoms with van der Waals surface area (Å²) in [5.41, 5.74) is 7.13. The van der Waals surface area contributed by atoms with E-state index in [0.29, 0.717) is 19.5 Å². The molecule has 0 bridgehead atoms. The third-order valence-corrected chi connectivity index (χ3v) is 3.67. The minimum Gasteiger partial charge on any atom is -0.342 e. The van der Waals surface area contributed by atoms with Gasteiger partial charge in [-0.25, -0.2) is 0 Å². The second-order valence-electron chi connectivity index (χ2n) is 5.21. The summed E-state index contributed by atoms with van der Waals surface area (Å²) >= 11 is 0. The Hall–Kier alpha value is -1.88. The van der Waals surface area contributed by atoms with E-state index in [0.717, 1.165) is 6.42 Å². The van der Waals surface area contributed by atoms with Gasteiger partial charge in [0, 0.05) is 20.1 Å². The van der Waals surface area contributed by atoms with Gasteiger partial charge >= 0.3 is 0 Å². The maximum Gasteiger partial charge on any atom is 0.241 e. The van der Waals surface area contributed by atoms with Crippen molar-refractivity contribution in [2.24, 2.45) is 5.73 Å². The Bertz CT molecular complexity index is 475. The molecule has 1 heterocycles. The Kier molecular flexibility index (Phi) is 4.74. The Balaban J connectivity index is 1.84. The van der Waals surface area contributed by atoms with Crippen molar-refractivity contribution < 1.29 is 9.59 Å². The summed E-state index contributed by atoms with van der Waals surface area (Å²) in [4.78, 5) is 27.0. The number of hydrogen-bond acceptors (Lipinski definition) is 3. The average molecular weight is 275 g/mol. The maximum atomic E-state index is 12.2. The molecule has 1 aliphatic heterocycles. The molecule has 5 nitrogen and oxygen atoms in total. The average Bonchev–Trinajstić information content (AvgIpc) is 2.48. The van der Waals surface area contributed by atoms with Gasteiger partial charge in [-0.1, -0.05) is 30.3 Å². The van der Waals surface area contributed by atoms with Crippen LogP contribution in [0.1, 0.15) is 12.0 Å². The smallest absolute Gasteiger partial charge is 0.241 e. The summed E-state index contributed by atoms with van der Waals surface area (Å²) in [7, 11) is 1.75. The van der Waals surface area contributed by atoms with Crippen molar-refractivity contribution in [2.45, 2.75) is 18.9 Å². The highest BCUT2D eigenvalue weighted by Gasteiger charge is 2.27. The van der Waals surface area contributed by atoms with Crippen LogP contribution in [0.2, 0.25) is 0 Å². The van der Waals surface area contributed by atoms with Gasteiger partial charge in [0.25, 0.3) is 0 Å². The molecule has 2 N–H and O–H groups in total. The molecule has 1 saturated heterocycles. The molecule has 0 saturated carbocycles. The third kappa shape index (κ3) is 3.57. The van der Waals surface area contributed by atoms with Crippen molar-refractivity contribution in [1.29, 1.82) is 0 Å². The molecule has 0 aliphatic carbocycles. The first-order valence-electron chi connectivity index (χ1n) is 6.90. The van der Waals surface area contributed by atoms with E-state index in [9.17, 15) is 9.59 Å². The molecule has 2 amide bonds. The molecule has 0 radical (unpaired) electrons. The number of nitrogens with zero attached hydrogens (tertiary/aromatic N) is 2. The monoisotopic (exact) mass is 275 g/mol.